The van der Waals surface area contributed by atoms with E-state index in [1.54, 1.807) is 6.07 Å². The lowest BCUT2D eigenvalue weighted by molar-refractivity contribution is -0.114. The van der Waals surface area contributed by atoms with Crippen molar-refractivity contribution in [3.63, 3.8) is 0 Å². The van der Waals surface area contributed by atoms with Crippen LogP contribution in [0.5, 0.6) is 0 Å². The van der Waals surface area contributed by atoms with Crippen molar-refractivity contribution >= 4 is 40.3 Å². The van der Waals surface area contributed by atoms with Gasteiger partial charge >= 0.3 is 0 Å². The van der Waals surface area contributed by atoms with E-state index in [0.717, 1.165) is 29.9 Å². The van der Waals surface area contributed by atoms with E-state index in [2.05, 4.69) is 27.3 Å². The lowest BCUT2D eigenvalue weighted by Crippen LogP contribution is -2.40. The van der Waals surface area contributed by atoms with Gasteiger partial charge in [0.05, 0.1) is 24.0 Å². The van der Waals surface area contributed by atoms with Crippen LogP contribution in [0.2, 0.25) is 5.02 Å². The molecule has 2 aromatic carbocycles. The number of hydrogen-bond acceptors (Lipinski definition) is 3. The second-order valence-corrected chi connectivity index (χ2v) is 9.22. The molecule has 1 amide bonds. The maximum absolute atomic E-state index is 11.5. The Morgan fingerprint density at radius 1 is 1.19 bits per heavy atom. The number of aryl methyl sites for hydroxylation is 1. The fraction of sp³-hybridized carbons (Fsp3) is 0.400. The maximum Gasteiger partial charge on any atom is 0.221 e. The number of nitrogens with zero attached hydrogens (tertiary/aromatic N) is 3. The van der Waals surface area contributed by atoms with Gasteiger partial charge in [0.15, 0.2) is 0 Å². The number of hydrogen-bond donors (Lipinski definition) is 1. The Balaban J connectivity index is 1.56. The van der Waals surface area contributed by atoms with E-state index in [1.165, 1.54) is 43.7 Å². The quantitative estimate of drug-likeness (QED) is 0.587. The molecule has 0 saturated heterocycles. The van der Waals surface area contributed by atoms with Crippen molar-refractivity contribution in [3.8, 4) is 0 Å². The molecule has 0 spiro atoms. The minimum absolute atomic E-state index is 0.0564. The minimum atomic E-state index is -0.0564. The first-order valence-electron chi connectivity index (χ1n) is 11.0. The van der Waals surface area contributed by atoms with Crippen LogP contribution in [0.15, 0.2) is 41.5 Å². The zero-order valence-electron chi connectivity index (χ0n) is 17.6. The monoisotopic (exact) mass is 432 g/mol. The molecule has 3 aliphatic rings. The first-order chi connectivity index (χ1) is 15.0. The molecule has 2 aliphatic carbocycles. The third-order valence-corrected chi connectivity index (χ3v) is 7.19. The number of anilines is 2. The van der Waals surface area contributed by atoms with E-state index in [1.807, 2.05) is 18.2 Å². The number of benzene rings is 2. The number of carbonyl (C=O) groups excluding carboxylic acids is 1. The molecule has 1 fully saturated rings. The molecule has 1 N–H and O–H groups in total. The molecule has 1 saturated carbocycles. The van der Waals surface area contributed by atoms with E-state index in [-0.39, 0.29) is 5.91 Å². The number of rotatable bonds is 3. The predicted molar refractivity (Wildman–Crippen MR) is 125 cm³/mol. The molecule has 0 bridgehead atoms. The summed E-state index contributed by atoms with van der Waals surface area (Å²) in [5, 5.41) is 10.7. The van der Waals surface area contributed by atoms with E-state index >= 15 is 0 Å². The van der Waals surface area contributed by atoms with E-state index in [0.29, 0.717) is 28.6 Å². The summed E-state index contributed by atoms with van der Waals surface area (Å²) in [5.41, 5.74) is 5.87. The Kier molecular flexibility index (Phi) is 5.19. The maximum atomic E-state index is 11.5. The molecule has 2 atom stereocenters. The van der Waals surface area contributed by atoms with Crippen LogP contribution in [0.4, 0.5) is 17.1 Å². The van der Waals surface area contributed by atoms with Crippen LogP contribution in [0, 0.1) is 18.4 Å². The van der Waals surface area contributed by atoms with Gasteiger partial charge in [-0.1, -0.05) is 36.6 Å². The highest BCUT2D eigenvalue weighted by Crippen LogP contribution is 2.45. The van der Waals surface area contributed by atoms with Crippen LogP contribution < -0.4 is 10.3 Å². The molecular weight excluding hydrogens is 408 g/mol. The summed E-state index contributed by atoms with van der Waals surface area (Å²) in [6.07, 6.45) is 7.09. The topological polar surface area (TPSA) is 49.1 Å². The molecule has 5 nitrogen and oxygen atoms in total. The van der Waals surface area contributed by atoms with E-state index < -0.39 is 0 Å². The largest absolute Gasteiger partial charge is 0.326 e. The molecule has 1 aliphatic heterocycles. The second-order valence-electron chi connectivity index (χ2n) is 8.81. The fourth-order valence-corrected chi connectivity index (χ4v) is 5.80. The van der Waals surface area contributed by atoms with Crippen LogP contribution in [-0.2, 0) is 11.2 Å². The van der Waals surface area contributed by atoms with Crippen molar-refractivity contribution in [1.82, 2.24) is 0 Å². The molecule has 5 rings (SSSR count). The molecule has 6 heteroatoms. The first-order valence-corrected chi connectivity index (χ1v) is 11.4. The van der Waals surface area contributed by atoms with Gasteiger partial charge in [0.25, 0.3) is 0 Å². The highest BCUT2D eigenvalue weighted by Gasteiger charge is 2.45. The molecule has 1 heterocycles. The van der Waals surface area contributed by atoms with Gasteiger partial charge in [-0.3, -0.25) is 9.80 Å². The standard InChI is InChI=1S/C25H25ClN4O/c1-15(31)28-18-8-11-20-17(13-18)7-10-21-24(20)29-30(25(21)16-5-3-4-6-16)19-9-12-23(27-2)22(26)14-19/h8-9,11-14,16,21,25H,3-7,10H2,1H3,(H,28,31). The summed E-state index contributed by atoms with van der Waals surface area (Å²) in [7, 11) is 0. The van der Waals surface area contributed by atoms with Gasteiger partial charge in [-0.15, -0.1) is 0 Å². The third-order valence-electron chi connectivity index (χ3n) is 6.89. The zero-order chi connectivity index (χ0) is 21.5. The van der Waals surface area contributed by atoms with Gasteiger partial charge in [0, 0.05) is 29.1 Å². The average Bonchev–Trinajstić information content (AvgIpc) is 3.40. The number of amides is 1. The Morgan fingerprint density at radius 2 is 2.00 bits per heavy atom. The molecule has 2 unspecified atom stereocenters. The molecule has 0 aromatic heterocycles. The third kappa shape index (κ3) is 3.59. The molecular formula is C25H25ClN4O. The fourth-order valence-electron chi connectivity index (χ4n) is 5.58. The summed E-state index contributed by atoms with van der Waals surface area (Å²) in [6.45, 7) is 8.82. The highest BCUT2D eigenvalue weighted by molar-refractivity contribution is 6.33. The van der Waals surface area contributed by atoms with Crippen LogP contribution >= 0.6 is 11.6 Å². The van der Waals surface area contributed by atoms with E-state index in [4.69, 9.17) is 23.3 Å². The zero-order valence-corrected chi connectivity index (χ0v) is 18.3. The molecule has 158 valence electrons. The SMILES string of the molecule is [C-]#[N+]c1ccc(N2N=C3c4ccc(NC(C)=O)cc4CCC3C2C2CCCC2)cc1Cl. The summed E-state index contributed by atoms with van der Waals surface area (Å²) in [4.78, 5) is 15.0. The number of hydrazone groups is 1. The lowest BCUT2D eigenvalue weighted by atomic mass is 9.75. The lowest BCUT2D eigenvalue weighted by Gasteiger charge is -2.34. The Hall–Kier alpha value is -2.84. The highest BCUT2D eigenvalue weighted by atomic mass is 35.5. The van der Waals surface area contributed by atoms with Crippen molar-refractivity contribution in [1.29, 1.82) is 0 Å². The van der Waals surface area contributed by atoms with Gasteiger partial charge in [0.2, 0.25) is 11.6 Å². The first kappa shape index (κ1) is 20.1. The second kappa shape index (κ2) is 8.01. The van der Waals surface area contributed by atoms with Crippen LogP contribution in [0.3, 0.4) is 0 Å². The van der Waals surface area contributed by atoms with Crippen LogP contribution in [-0.4, -0.2) is 17.7 Å². The normalized spacial score (nSPS) is 22.5. The molecule has 31 heavy (non-hydrogen) atoms. The summed E-state index contributed by atoms with van der Waals surface area (Å²) < 4.78 is 0. The van der Waals surface area contributed by atoms with Gasteiger partial charge < -0.3 is 5.32 Å². The smallest absolute Gasteiger partial charge is 0.221 e. The summed E-state index contributed by atoms with van der Waals surface area (Å²) >= 11 is 6.38. The summed E-state index contributed by atoms with van der Waals surface area (Å²) in [6, 6.07) is 12.2. The number of nitrogens with one attached hydrogen (secondary N) is 1. The number of fused-ring (bicyclic) bond motifs is 3. The van der Waals surface area contributed by atoms with Crippen molar-refractivity contribution < 1.29 is 4.79 Å². The van der Waals surface area contributed by atoms with Crippen molar-refractivity contribution in [2.24, 2.45) is 16.9 Å². The number of carbonyl (C=O) groups is 1. The van der Waals surface area contributed by atoms with Crippen molar-refractivity contribution in [3.05, 3.63) is 64.0 Å². The molecule has 2 aromatic rings. The number of halogens is 1. The van der Waals surface area contributed by atoms with Gasteiger partial charge in [-0.2, -0.15) is 5.10 Å². The van der Waals surface area contributed by atoms with Crippen molar-refractivity contribution in [2.75, 3.05) is 10.3 Å². The van der Waals surface area contributed by atoms with Gasteiger partial charge in [-0.25, -0.2) is 4.85 Å². The average molecular weight is 433 g/mol. The Morgan fingerprint density at radius 3 is 2.71 bits per heavy atom. The Labute approximate surface area is 187 Å². The van der Waals surface area contributed by atoms with E-state index in [9.17, 15) is 4.79 Å². The summed E-state index contributed by atoms with van der Waals surface area (Å²) in [5.74, 6) is 0.950. The molecule has 0 radical (unpaired) electrons. The van der Waals surface area contributed by atoms with Crippen LogP contribution in [0.1, 0.15) is 50.2 Å². The predicted octanol–water partition coefficient (Wildman–Crippen LogP) is 6.19. The Bertz CT molecular complexity index is 1110. The minimum Gasteiger partial charge on any atom is -0.326 e. The van der Waals surface area contributed by atoms with Crippen molar-refractivity contribution in [2.45, 2.75) is 51.5 Å². The van der Waals surface area contributed by atoms with Gasteiger partial charge in [-0.05, 0) is 61.4 Å². The van der Waals surface area contributed by atoms with Crippen LogP contribution in [0.25, 0.3) is 4.85 Å². The van der Waals surface area contributed by atoms with Gasteiger partial charge in [0.1, 0.15) is 0 Å².